The van der Waals surface area contributed by atoms with Crippen molar-refractivity contribution in [2.24, 2.45) is 5.41 Å². The minimum Gasteiger partial charge on any atom is -0.338 e. The van der Waals surface area contributed by atoms with E-state index in [0.29, 0.717) is 30.8 Å². The molecule has 1 fully saturated rings. The number of anilines is 1. The zero-order chi connectivity index (χ0) is 20.8. The topological polar surface area (TPSA) is 69.7 Å². The monoisotopic (exact) mass is 411 g/mol. The van der Waals surface area contributed by atoms with Crippen LogP contribution in [0.3, 0.4) is 0 Å². The van der Waals surface area contributed by atoms with E-state index < -0.39 is 6.04 Å². The molecule has 2 aliphatic rings. The van der Waals surface area contributed by atoms with Crippen LogP contribution in [-0.2, 0) is 9.59 Å². The van der Waals surface area contributed by atoms with Crippen LogP contribution in [0.5, 0.6) is 0 Å². The van der Waals surface area contributed by atoms with E-state index in [-0.39, 0.29) is 29.7 Å². The van der Waals surface area contributed by atoms with Gasteiger partial charge < -0.3 is 15.1 Å². The molecule has 1 atom stereocenters. The predicted octanol–water partition coefficient (Wildman–Crippen LogP) is 3.46. The van der Waals surface area contributed by atoms with E-state index in [2.05, 4.69) is 5.32 Å². The lowest BCUT2D eigenvalue weighted by molar-refractivity contribution is -0.137. The second kappa shape index (κ2) is 7.30. The van der Waals surface area contributed by atoms with Crippen molar-refractivity contribution in [3.8, 4) is 11.1 Å². The van der Waals surface area contributed by atoms with Crippen LogP contribution in [0.2, 0.25) is 0 Å². The zero-order valence-corrected chi connectivity index (χ0v) is 17.7. The number of rotatable bonds is 2. The van der Waals surface area contributed by atoms with E-state index in [1.54, 1.807) is 27.2 Å². The summed E-state index contributed by atoms with van der Waals surface area (Å²) < 4.78 is 0. The van der Waals surface area contributed by atoms with Gasteiger partial charge in [0, 0.05) is 19.5 Å². The standard InChI is InChI=1S/C22H25N3O3S/c1-22(2,3)11-19(26)24-7-8-25-18(12-24)20(27)23-17-5-4-14(10-16(17)21(25)28)15-6-9-29-13-15/h4-6,9-10,13,18H,7-8,11-12H2,1-3H3,(H,23,27). The lowest BCUT2D eigenvalue weighted by atomic mass is 9.91. The molecule has 3 amide bonds. The van der Waals surface area contributed by atoms with Gasteiger partial charge >= 0.3 is 0 Å². The fourth-order valence-electron chi connectivity index (χ4n) is 3.85. The SMILES string of the molecule is CC(C)(C)CC(=O)N1CCN2C(=O)c3cc(-c4ccsc4)ccc3NC(=O)C2C1. The molecule has 152 valence electrons. The number of nitrogens with one attached hydrogen (secondary N) is 1. The van der Waals surface area contributed by atoms with Crippen LogP contribution in [0.4, 0.5) is 5.69 Å². The maximum Gasteiger partial charge on any atom is 0.256 e. The number of benzene rings is 1. The summed E-state index contributed by atoms with van der Waals surface area (Å²) in [5, 5.41) is 6.92. The minimum atomic E-state index is -0.669. The van der Waals surface area contributed by atoms with Gasteiger partial charge in [0.2, 0.25) is 11.8 Å². The first-order chi connectivity index (χ1) is 13.7. The van der Waals surface area contributed by atoms with Gasteiger partial charge in [-0.05, 0) is 45.5 Å². The van der Waals surface area contributed by atoms with Crippen LogP contribution in [0.25, 0.3) is 11.1 Å². The Bertz CT molecular complexity index is 962. The maximum atomic E-state index is 13.3. The predicted molar refractivity (Wildman–Crippen MR) is 114 cm³/mol. The van der Waals surface area contributed by atoms with Crippen molar-refractivity contribution >= 4 is 34.7 Å². The average molecular weight is 412 g/mol. The molecule has 0 radical (unpaired) electrons. The smallest absolute Gasteiger partial charge is 0.256 e. The van der Waals surface area contributed by atoms with E-state index in [1.165, 1.54) is 0 Å². The molecule has 1 N–H and O–H groups in total. The Morgan fingerprint density at radius 3 is 2.66 bits per heavy atom. The summed E-state index contributed by atoms with van der Waals surface area (Å²) in [6.45, 7) is 7.09. The normalized spacial score (nSPS) is 19.3. The van der Waals surface area contributed by atoms with E-state index in [0.717, 1.165) is 11.1 Å². The largest absolute Gasteiger partial charge is 0.338 e. The van der Waals surface area contributed by atoms with Gasteiger partial charge in [0.25, 0.3) is 5.91 Å². The highest BCUT2D eigenvalue weighted by molar-refractivity contribution is 7.08. The van der Waals surface area contributed by atoms with Gasteiger partial charge in [-0.1, -0.05) is 26.8 Å². The molecule has 0 bridgehead atoms. The summed E-state index contributed by atoms with van der Waals surface area (Å²) in [5.41, 5.74) is 2.91. The fraction of sp³-hybridized carbons (Fsp3) is 0.409. The molecule has 0 saturated carbocycles. The second-order valence-electron chi connectivity index (χ2n) is 8.85. The van der Waals surface area contributed by atoms with Crippen molar-refractivity contribution in [2.75, 3.05) is 25.0 Å². The van der Waals surface area contributed by atoms with E-state index >= 15 is 0 Å². The molecule has 1 aromatic carbocycles. The van der Waals surface area contributed by atoms with E-state index in [4.69, 9.17) is 0 Å². The first-order valence-corrected chi connectivity index (χ1v) is 10.7. The highest BCUT2D eigenvalue weighted by Crippen LogP contribution is 2.31. The Kier molecular flexibility index (Phi) is 4.94. The van der Waals surface area contributed by atoms with Crippen LogP contribution in [0, 0.1) is 5.41 Å². The van der Waals surface area contributed by atoms with Gasteiger partial charge in [0.1, 0.15) is 6.04 Å². The van der Waals surface area contributed by atoms with Crippen molar-refractivity contribution in [1.82, 2.24) is 9.80 Å². The lowest BCUT2D eigenvalue weighted by Crippen LogP contribution is -2.59. The molecule has 29 heavy (non-hydrogen) atoms. The number of hydrogen-bond donors (Lipinski definition) is 1. The van der Waals surface area contributed by atoms with Gasteiger partial charge in [-0.25, -0.2) is 0 Å². The van der Waals surface area contributed by atoms with Crippen molar-refractivity contribution in [2.45, 2.75) is 33.2 Å². The van der Waals surface area contributed by atoms with Gasteiger partial charge in [0.05, 0.1) is 17.8 Å². The Morgan fingerprint density at radius 2 is 1.97 bits per heavy atom. The van der Waals surface area contributed by atoms with Crippen molar-refractivity contribution in [1.29, 1.82) is 0 Å². The molecule has 1 unspecified atom stereocenters. The maximum absolute atomic E-state index is 13.3. The highest BCUT2D eigenvalue weighted by atomic mass is 32.1. The number of hydrogen-bond acceptors (Lipinski definition) is 4. The molecular weight excluding hydrogens is 386 g/mol. The van der Waals surface area contributed by atoms with Crippen LogP contribution in [-0.4, -0.2) is 53.2 Å². The second-order valence-corrected chi connectivity index (χ2v) is 9.63. The molecule has 2 aliphatic heterocycles. The third-order valence-corrected chi connectivity index (χ3v) is 6.02. The van der Waals surface area contributed by atoms with Gasteiger partial charge in [-0.15, -0.1) is 0 Å². The van der Waals surface area contributed by atoms with Crippen molar-refractivity contribution in [3.63, 3.8) is 0 Å². The van der Waals surface area contributed by atoms with Crippen LogP contribution in [0.15, 0.2) is 35.0 Å². The molecule has 0 aliphatic carbocycles. The summed E-state index contributed by atoms with van der Waals surface area (Å²) in [4.78, 5) is 42.1. The molecule has 1 saturated heterocycles. The van der Waals surface area contributed by atoms with Gasteiger partial charge in [-0.3, -0.25) is 14.4 Å². The number of carbonyl (C=O) groups excluding carboxylic acids is 3. The third-order valence-electron chi connectivity index (χ3n) is 5.34. The molecule has 6 nitrogen and oxygen atoms in total. The third kappa shape index (κ3) is 3.92. The number of amides is 3. The number of fused-ring (bicyclic) bond motifs is 2. The molecule has 7 heteroatoms. The number of piperazine rings is 1. The average Bonchev–Trinajstić information content (AvgIpc) is 3.17. The highest BCUT2D eigenvalue weighted by Gasteiger charge is 2.40. The summed E-state index contributed by atoms with van der Waals surface area (Å²) in [6.07, 6.45) is 0.416. The minimum absolute atomic E-state index is 0.0268. The Balaban J connectivity index is 1.60. The molecule has 0 spiro atoms. The molecular formula is C22H25N3O3S. The Morgan fingerprint density at radius 1 is 1.17 bits per heavy atom. The quantitative estimate of drug-likeness (QED) is 0.823. The number of thiophene rings is 1. The Labute approximate surface area is 174 Å². The van der Waals surface area contributed by atoms with Crippen molar-refractivity contribution < 1.29 is 14.4 Å². The summed E-state index contributed by atoms with van der Waals surface area (Å²) >= 11 is 1.60. The number of carbonyl (C=O) groups is 3. The first-order valence-electron chi connectivity index (χ1n) is 9.79. The Hall–Kier alpha value is -2.67. The van der Waals surface area contributed by atoms with Gasteiger partial charge in [-0.2, -0.15) is 11.3 Å². The van der Waals surface area contributed by atoms with E-state index in [1.807, 2.05) is 49.7 Å². The molecule has 3 heterocycles. The molecule has 4 rings (SSSR count). The van der Waals surface area contributed by atoms with Crippen molar-refractivity contribution in [3.05, 3.63) is 40.6 Å². The van der Waals surface area contributed by atoms with Crippen LogP contribution >= 0.6 is 11.3 Å². The molecule has 1 aromatic heterocycles. The summed E-state index contributed by atoms with van der Waals surface area (Å²) in [5.74, 6) is -0.379. The van der Waals surface area contributed by atoms with Gasteiger partial charge in [0.15, 0.2) is 0 Å². The molecule has 2 aromatic rings. The van der Waals surface area contributed by atoms with Crippen LogP contribution in [0.1, 0.15) is 37.6 Å². The zero-order valence-electron chi connectivity index (χ0n) is 16.9. The van der Waals surface area contributed by atoms with E-state index in [9.17, 15) is 14.4 Å². The summed E-state index contributed by atoms with van der Waals surface area (Å²) in [7, 11) is 0. The summed E-state index contributed by atoms with van der Waals surface area (Å²) in [6, 6.07) is 6.89. The first kappa shape index (κ1) is 19.6. The number of nitrogens with zero attached hydrogens (tertiary/aromatic N) is 2. The lowest BCUT2D eigenvalue weighted by Gasteiger charge is -2.40. The fourth-order valence-corrected chi connectivity index (χ4v) is 4.52. The van der Waals surface area contributed by atoms with Crippen LogP contribution < -0.4 is 5.32 Å².